The molecule has 0 atom stereocenters. The summed E-state index contributed by atoms with van der Waals surface area (Å²) in [5.74, 6) is -0.681. The second kappa shape index (κ2) is 7.31. The van der Waals surface area contributed by atoms with Gasteiger partial charge in [-0.15, -0.1) is 0 Å². The van der Waals surface area contributed by atoms with Crippen molar-refractivity contribution < 1.29 is 18.0 Å². The van der Waals surface area contributed by atoms with Gasteiger partial charge in [0.2, 0.25) is 5.91 Å². The highest BCUT2D eigenvalue weighted by molar-refractivity contribution is 5.79. The molecule has 1 rings (SSSR count). The molecule has 0 heterocycles. The number of alkyl halides is 3. The Morgan fingerprint density at radius 3 is 2.57 bits per heavy atom. The van der Waals surface area contributed by atoms with Crippen molar-refractivity contribution in [2.24, 2.45) is 5.73 Å². The molecule has 0 fully saturated rings. The van der Waals surface area contributed by atoms with Crippen molar-refractivity contribution in [1.29, 1.82) is 0 Å². The standard InChI is InChI=1S/C14H20F3N3O/c1-3-6-19-8-10-4-5-12(20(2)9-13(18)21)11(7-10)14(15,16)17/h4-5,7,19H,3,6,8-9H2,1-2H3,(H2,18,21). The molecule has 0 aromatic heterocycles. The molecular formula is C14H20F3N3O. The second-order valence-electron chi connectivity index (χ2n) is 4.85. The largest absolute Gasteiger partial charge is 0.418 e. The average Bonchev–Trinajstić information content (AvgIpc) is 2.37. The fraction of sp³-hybridized carbons (Fsp3) is 0.500. The first-order chi connectivity index (χ1) is 9.75. The van der Waals surface area contributed by atoms with Gasteiger partial charge < -0.3 is 16.0 Å². The Balaban J connectivity index is 3.05. The molecule has 4 nitrogen and oxygen atoms in total. The molecule has 0 aliphatic rings. The fourth-order valence-corrected chi connectivity index (χ4v) is 1.98. The maximum atomic E-state index is 13.2. The molecule has 0 aliphatic heterocycles. The minimum Gasteiger partial charge on any atom is -0.368 e. The third kappa shape index (κ3) is 5.26. The number of nitrogens with zero attached hydrogens (tertiary/aromatic N) is 1. The zero-order chi connectivity index (χ0) is 16.0. The Morgan fingerprint density at radius 2 is 2.05 bits per heavy atom. The highest BCUT2D eigenvalue weighted by Crippen LogP contribution is 2.36. The van der Waals surface area contributed by atoms with Crippen LogP contribution >= 0.6 is 0 Å². The van der Waals surface area contributed by atoms with Crippen LogP contribution in [0.2, 0.25) is 0 Å². The molecule has 1 aromatic carbocycles. The van der Waals surface area contributed by atoms with E-state index in [1.165, 1.54) is 18.0 Å². The number of hydrogen-bond acceptors (Lipinski definition) is 3. The van der Waals surface area contributed by atoms with Crippen LogP contribution in [-0.4, -0.2) is 26.0 Å². The van der Waals surface area contributed by atoms with Gasteiger partial charge in [0.15, 0.2) is 0 Å². The van der Waals surface area contributed by atoms with E-state index in [1.54, 1.807) is 6.07 Å². The summed E-state index contributed by atoms with van der Waals surface area (Å²) in [6.07, 6.45) is -3.58. The molecule has 0 unspecified atom stereocenters. The molecule has 1 amide bonds. The first-order valence-electron chi connectivity index (χ1n) is 6.66. The van der Waals surface area contributed by atoms with E-state index in [4.69, 9.17) is 5.73 Å². The number of halogens is 3. The van der Waals surface area contributed by atoms with Crippen LogP contribution in [0.4, 0.5) is 18.9 Å². The predicted octanol–water partition coefficient (Wildman–Crippen LogP) is 2.13. The third-order valence-corrected chi connectivity index (χ3v) is 2.93. The Bertz CT molecular complexity index is 489. The predicted molar refractivity (Wildman–Crippen MR) is 75.9 cm³/mol. The van der Waals surface area contributed by atoms with Gasteiger partial charge >= 0.3 is 6.18 Å². The SMILES string of the molecule is CCCNCc1ccc(N(C)CC(N)=O)c(C(F)(F)F)c1. The number of anilines is 1. The Kier molecular flexibility index (Phi) is 6.02. The van der Waals surface area contributed by atoms with Gasteiger partial charge in [-0.3, -0.25) is 4.79 Å². The van der Waals surface area contributed by atoms with E-state index in [0.717, 1.165) is 19.0 Å². The van der Waals surface area contributed by atoms with Crippen molar-refractivity contribution >= 4 is 11.6 Å². The number of benzene rings is 1. The minimum atomic E-state index is -4.48. The fourth-order valence-electron chi connectivity index (χ4n) is 1.98. The summed E-state index contributed by atoms with van der Waals surface area (Å²) in [5, 5.41) is 3.06. The number of hydrogen-bond donors (Lipinski definition) is 2. The maximum Gasteiger partial charge on any atom is 0.418 e. The van der Waals surface area contributed by atoms with Crippen LogP contribution in [0.3, 0.4) is 0 Å². The second-order valence-corrected chi connectivity index (χ2v) is 4.85. The summed E-state index contributed by atoms with van der Waals surface area (Å²) in [7, 11) is 1.41. The van der Waals surface area contributed by atoms with Gasteiger partial charge in [0.05, 0.1) is 12.1 Å². The lowest BCUT2D eigenvalue weighted by molar-refractivity contribution is -0.137. The van der Waals surface area contributed by atoms with E-state index in [1.807, 2.05) is 6.92 Å². The zero-order valence-electron chi connectivity index (χ0n) is 12.1. The van der Waals surface area contributed by atoms with Gasteiger partial charge in [-0.1, -0.05) is 13.0 Å². The van der Waals surface area contributed by atoms with E-state index >= 15 is 0 Å². The van der Waals surface area contributed by atoms with E-state index in [2.05, 4.69) is 5.32 Å². The summed E-state index contributed by atoms with van der Waals surface area (Å²) in [4.78, 5) is 12.1. The number of rotatable bonds is 7. The Hall–Kier alpha value is -1.76. The number of primary amides is 1. The van der Waals surface area contributed by atoms with Gasteiger partial charge in [-0.25, -0.2) is 0 Å². The molecule has 7 heteroatoms. The van der Waals surface area contributed by atoms with E-state index in [0.29, 0.717) is 12.1 Å². The lowest BCUT2D eigenvalue weighted by Gasteiger charge is -2.23. The zero-order valence-corrected chi connectivity index (χ0v) is 12.1. The van der Waals surface area contributed by atoms with Crippen LogP contribution in [-0.2, 0) is 17.5 Å². The van der Waals surface area contributed by atoms with Crippen LogP contribution in [0.5, 0.6) is 0 Å². The van der Waals surface area contributed by atoms with Crippen molar-refractivity contribution in [3.8, 4) is 0 Å². The first-order valence-corrected chi connectivity index (χ1v) is 6.66. The molecule has 21 heavy (non-hydrogen) atoms. The summed E-state index contributed by atoms with van der Waals surface area (Å²) in [6, 6.07) is 4.09. The van der Waals surface area contributed by atoms with Crippen molar-refractivity contribution in [3.63, 3.8) is 0 Å². The minimum absolute atomic E-state index is 0.0551. The van der Waals surface area contributed by atoms with Crippen LogP contribution in [0.15, 0.2) is 18.2 Å². The lowest BCUT2D eigenvalue weighted by Crippen LogP contribution is -2.32. The van der Waals surface area contributed by atoms with Crippen molar-refractivity contribution in [2.45, 2.75) is 26.1 Å². The third-order valence-electron chi connectivity index (χ3n) is 2.93. The van der Waals surface area contributed by atoms with Crippen molar-refractivity contribution in [2.75, 3.05) is 25.0 Å². The van der Waals surface area contributed by atoms with Crippen LogP contribution < -0.4 is 16.0 Å². The lowest BCUT2D eigenvalue weighted by atomic mass is 10.1. The summed E-state index contributed by atoms with van der Waals surface area (Å²) >= 11 is 0. The maximum absolute atomic E-state index is 13.2. The van der Waals surface area contributed by atoms with Gasteiger partial charge in [-0.05, 0) is 30.7 Å². The van der Waals surface area contributed by atoms with Crippen molar-refractivity contribution in [3.05, 3.63) is 29.3 Å². The Morgan fingerprint density at radius 1 is 1.38 bits per heavy atom. The summed E-state index contributed by atoms with van der Waals surface area (Å²) in [5.41, 5.74) is 4.76. The van der Waals surface area contributed by atoms with Crippen molar-refractivity contribution in [1.82, 2.24) is 5.32 Å². The Labute approximate surface area is 122 Å². The number of carbonyl (C=O) groups excluding carboxylic acids is 1. The van der Waals surface area contributed by atoms with Gasteiger partial charge in [-0.2, -0.15) is 13.2 Å². The number of carbonyl (C=O) groups is 1. The van der Waals surface area contributed by atoms with Crippen LogP contribution in [0, 0.1) is 0 Å². The molecule has 0 spiro atoms. The highest BCUT2D eigenvalue weighted by Gasteiger charge is 2.34. The number of amides is 1. The molecule has 0 radical (unpaired) electrons. The van der Waals surface area contributed by atoms with Crippen LogP contribution in [0.25, 0.3) is 0 Å². The quantitative estimate of drug-likeness (QED) is 0.759. The molecule has 0 saturated carbocycles. The molecule has 1 aromatic rings. The average molecular weight is 303 g/mol. The van der Waals surface area contributed by atoms with Crippen LogP contribution in [0.1, 0.15) is 24.5 Å². The van der Waals surface area contributed by atoms with Gasteiger partial charge in [0.25, 0.3) is 0 Å². The van der Waals surface area contributed by atoms with E-state index < -0.39 is 17.6 Å². The number of nitrogens with one attached hydrogen (secondary N) is 1. The summed E-state index contributed by atoms with van der Waals surface area (Å²) in [6.45, 7) is 2.83. The molecule has 0 aliphatic carbocycles. The van der Waals surface area contributed by atoms with Gasteiger partial charge in [0.1, 0.15) is 0 Å². The molecule has 0 saturated heterocycles. The number of likely N-dealkylation sites (N-methyl/N-ethyl adjacent to an activating group) is 1. The topological polar surface area (TPSA) is 58.4 Å². The summed E-state index contributed by atoms with van der Waals surface area (Å²) < 4.78 is 39.5. The van der Waals surface area contributed by atoms with E-state index in [-0.39, 0.29) is 12.2 Å². The smallest absolute Gasteiger partial charge is 0.368 e. The van der Waals surface area contributed by atoms with Gasteiger partial charge in [0, 0.05) is 19.3 Å². The molecular weight excluding hydrogens is 283 g/mol. The number of nitrogens with two attached hydrogens (primary N) is 1. The van der Waals surface area contributed by atoms with E-state index in [9.17, 15) is 18.0 Å². The molecule has 0 bridgehead atoms. The monoisotopic (exact) mass is 303 g/mol. The molecule has 118 valence electrons. The normalized spacial score (nSPS) is 11.5. The molecule has 3 N–H and O–H groups in total. The highest BCUT2D eigenvalue weighted by atomic mass is 19.4. The first kappa shape index (κ1) is 17.3.